The van der Waals surface area contributed by atoms with Gasteiger partial charge in [0, 0.05) is 29.4 Å². The van der Waals surface area contributed by atoms with Crippen LogP contribution in [0.1, 0.15) is 15.9 Å². The third kappa shape index (κ3) is 2.31. The van der Waals surface area contributed by atoms with Crippen LogP contribution in [-0.2, 0) is 0 Å². The van der Waals surface area contributed by atoms with Crippen LogP contribution in [0.5, 0.6) is 5.75 Å². The topological polar surface area (TPSA) is 109 Å². The van der Waals surface area contributed by atoms with Crippen LogP contribution < -0.4 is 5.46 Å². The summed E-state index contributed by atoms with van der Waals surface area (Å²) < 4.78 is 14.2. The number of phenols is 1. The number of hydrogen-bond acceptors (Lipinski definition) is 5. The molecule has 0 bridgehead atoms. The number of nitro benzene ring substituents is 1. The van der Waals surface area contributed by atoms with Gasteiger partial charge < -0.3 is 10.1 Å². The molecular formula is C14H7BFN3O4. The molecule has 0 spiro atoms. The molecule has 112 valence electrons. The number of hydrogen-bond donors (Lipinski definition) is 2. The Morgan fingerprint density at radius 3 is 2.87 bits per heavy atom. The Labute approximate surface area is 129 Å². The number of H-pyrrole nitrogens is 1. The van der Waals surface area contributed by atoms with Crippen molar-refractivity contribution in [2.45, 2.75) is 0 Å². The van der Waals surface area contributed by atoms with Crippen molar-refractivity contribution in [2.75, 3.05) is 0 Å². The van der Waals surface area contributed by atoms with Crippen molar-refractivity contribution in [3.05, 3.63) is 57.7 Å². The number of nitro groups is 1. The van der Waals surface area contributed by atoms with Gasteiger partial charge in [-0.3, -0.25) is 14.9 Å². The number of phenolic OH excluding ortho intramolecular Hbond substituents is 1. The molecule has 2 radical (unpaired) electrons. The Morgan fingerprint density at radius 1 is 1.43 bits per heavy atom. The molecule has 0 amide bonds. The zero-order chi connectivity index (χ0) is 16.7. The zero-order valence-electron chi connectivity index (χ0n) is 11.4. The maximum Gasteiger partial charge on any atom is 0.305 e. The minimum absolute atomic E-state index is 0.00509. The molecule has 7 nitrogen and oxygen atoms in total. The smallest absolute Gasteiger partial charge is 0.305 e. The first-order chi connectivity index (χ1) is 10.9. The van der Waals surface area contributed by atoms with Crippen molar-refractivity contribution in [2.24, 2.45) is 0 Å². The van der Waals surface area contributed by atoms with Gasteiger partial charge in [0.15, 0.2) is 0 Å². The second kappa shape index (κ2) is 5.20. The first-order valence-electron chi connectivity index (χ1n) is 6.33. The van der Waals surface area contributed by atoms with E-state index in [2.05, 4.69) is 9.97 Å². The standard InChI is InChI=1S/C14H7BFN3O4/c15-6-3-7-8(5-18-14(7)17-4-6)13(21)11-10(20)2-1-9(12(11)16)19(22)23/h1-5,20H,(H,17,18). The molecule has 0 saturated heterocycles. The number of ketones is 1. The first kappa shape index (κ1) is 14.7. The van der Waals surface area contributed by atoms with Gasteiger partial charge >= 0.3 is 5.69 Å². The van der Waals surface area contributed by atoms with Crippen LogP contribution >= 0.6 is 0 Å². The van der Waals surface area contributed by atoms with Gasteiger partial charge in [0.05, 0.1) is 4.92 Å². The van der Waals surface area contributed by atoms with E-state index in [4.69, 9.17) is 7.85 Å². The Morgan fingerprint density at radius 2 is 2.17 bits per heavy atom. The van der Waals surface area contributed by atoms with Crippen LogP contribution in [0, 0.1) is 15.9 Å². The fraction of sp³-hybridized carbons (Fsp3) is 0. The molecule has 0 unspecified atom stereocenters. The van der Waals surface area contributed by atoms with Crippen LogP contribution in [0.15, 0.2) is 30.6 Å². The van der Waals surface area contributed by atoms with Gasteiger partial charge in [-0.15, -0.1) is 0 Å². The number of carbonyl (C=O) groups excluding carboxylic acids is 1. The van der Waals surface area contributed by atoms with Crippen LogP contribution in [0.3, 0.4) is 0 Å². The first-order valence-corrected chi connectivity index (χ1v) is 6.33. The average Bonchev–Trinajstić information content (AvgIpc) is 2.89. The van der Waals surface area contributed by atoms with Crippen LogP contribution in [0.4, 0.5) is 10.1 Å². The highest BCUT2D eigenvalue weighted by Gasteiger charge is 2.28. The number of pyridine rings is 1. The predicted octanol–water partition coefficient (Wildman–Crippen LogP) is 1.34. The highest BCUT2D eigenvalue weighted by Crippen LogP contribution is 2.31. The Kier molecular flexibility index (Phi) is 3.32. The highest BCUT2D eigenvalue weighted by molar-refractivity contribution is 6.33. The van der Waals surface area contributed by atoms with Crippen molar-refractivity contribution in [3.8, 4) is 5.75 Å². The van der Waals surface area contributed by atoms with Crippen molar-refractivity contribution < 1.29 is 19.2 Å². The Balaban J connectivity index is 2.22. The van der Waals surface area contributed by atoms with Crippen molar-refractivity contribution in [1.82, 2.24) is 9.97 Å². The molecular weight excluding hydrogens is 304 g/mol. The van der Waals surface area contributed by atoms with Gasteiger partial charge in [-0.25, -0.2) is 4.98 Å². The molecule has 0 fully saturated rings. The Hall–Kier alpha value is -3.23. The maximum atomic E-state index is 14.2. The quantitative estimate of drug-likeness (QED) is 0.328. The fourth-order valence-corrected chi connectivity index (χ4v) is 2.25. The number of carbonyl (C=O) groups is 1. The number of aromatic nitrogens is 2. The van der Waals surface area contributed by atoms with Gasteiger partial charge in [-0.1, -0.05) is 11.5 Å². The van der Waals surface area contributed by atoms with Crippen molar-refractivity contribution >= 4 is 35.8 Å². The number of rotatable bonds is 3. The third-order valence-electron chi connectivity index (χ3n) is 3.32. The number of nitrogens with zero attached hydrogens (tertiary/aromatic N) is 2. The van der Waals surface area contributed by atoms with E-state index in [1.165, 1.54) is 18.5 Å². The summed E-state index contributed by atoms with van der Waals surface area (Å²) in [5.41, 5.74) is -1.05. The largest absolute Gasteiger partial charge is 0.507 e. The molecule has 0 aliphatic heterocycles. The summed E-state index contributed by atoms with van der Waals surface area (Å²) in [6, 6.07) is 3.14. The third-order valence-corrected chi connectivity index (χ3v) is 3.32. The van der Waals surface area contributed by atoms with E-state index in [0.717, 1.165) is 12.1 Å². The number of aromatic hydroxyl groups is 1. The van der Waals surface area contributed by atoms with E-state index in [1.54, 1.807) is 0 Å². The van der Waals surface area contributed by atoms with Gasteiger partial charge in [0.2, 0.25) is 11.6 Å². The Bertz CT molecular complexity index is 970. The molecule has 2 N–H and O–H groups in total. The van der Waals surface area contributed by atoms with Gasteiger partial charge in [0.25, 0.3) is 0 Å². The molecule has 0 atom stereocenters. The summed E-state index contributed by atoms with van der Waals surface area (Å²) in [6.07, 6.45) is 2.65. The van der Waals surface area contributed by atoms with E-state index >= 15 is 0 Å². The molecule has 2 heterocycles. The second-order valence-electron chi connectivity index (χ2n) is 4.75. The molecule has 9 heteroatoms. The van der Waals surface area contributed by atoms with Gasteiger partial charge in [0.1, 0.15) is 24.8 Å². The lowest BCUT2D eigenvalue weighted by molar-refractivity contribution is -0.387. The SMILES string of the molecule is [B]c1cnc2[nH]cc(C(=O)c3c(O)ccc([N+](=O)[O-])c3F)c2c1. The molecule has 23 heavy (non-hydrogen) atoms. The number of aromatic amines is 1. The molecule has 3 aromatic rings. The second-order valence-corrected chi connectivity index (χ2v) is 4.75. The van der Waals surface area contributed by atoms with E-state index in [0.29, 0.717) is 11.0 Å². The lowest BCUT2D eigenvalue weighted by Gasteiger charge is -2.05. The summed E-state index contributed by atoms with van der Waals surface area (Å²) in [6.45, 7) is 0. The predicted molar refractivity (Wildman–Crippen MR) is 79.6 cm³/mol. The lowest BCUT2D eigenvalue weighted by atomic mass is 9.95. The highest BCUT2D eigenvalue weighted by atomic mass is 19.1. The monoisotopic (exact) mass is 311 g/mol. The fourth-order valence-electron chi connectivity index (χ4n) is 2.25. The van der Waals surface area contributed by atoms with Crippen LogP contribution in [0.25, 0.3) is 11.0 Å². The molecule has 0 saturated carbocycles. The number of halogens is 1. The number of nitrogens with one attached hydrogen (secondary N) is 1. The lowest BCUT2D eigenvalue weighted by Crippen LogP contribution is -2.08. The van der Waals surface area contributed by atoms with Crippen LogP contribution in [-0.4, -0.2) is 33.6 Å². The van der Waals surface area contributed by atoms with E-state index in [9.17, 15) is 24.4 Å². The number of fused-ring (bicyclic) bond motifs is 1. The molecule has 0 aliphatic carbocycles. The summed E-state index contributed by atoms with van der Waals surface area (Å²) >= 11 is 0. The summed E-state index contributed by atoms with van der Waals surface area (Å²) in [5.74, 6) is -3.00. The van der Waals surface area contributed by atoms with Gasteiger partial charge in [-0.05, 0) is 6.07 Å². The number of benzene rings is 1. The van der Waals surface area contributed by atoms with Crippen molar-refractivity contribution in [3.63, 3.8) is 0 Å². The van der Waals surface area contributed by atoms with Crippen LogP contribution in [0.2, 0.25) is 0 Å². The molecule has 3 rings (SSSR count). The zero-order valence-corrected chi connectivity index (χ0v) is 11.4. The van der Waals surface area contributed by atoms with E-state index in [-0.39, 0.29) is 11.0 Å². The normalized spacial score (nSPS) is 10.8. The van der Waals surface area contributed by atoms with E-state index < -0.39 is 33.5 Å². The average molecular weight is 311 g/mol. The molecule has 0 aliphatic rings. The van der Waals surface area contributed by atoms with E-state index in [1.807, 2.05) is 0 Å². The molecule has 2 aromatic heterocycles. The molecule has 1 aromatic carbocycles. The summed E-state index contributed by atoms with van der Waals surface area (Å²) in [4.78, 5) is 29.0. The van der Waals surface area contributed by atoms with Crippen molar-refractivity contribution in [1.29, 1.82) is 0 Å². The minimum atomic E-state index is -1.40. The van der Waals surface area contributed by atoms with Gasteiger partial charge in [-0.2, -0.15) is 4.39 Å². The maximum absolute atomic E-state index is 14.2. The minimum Gasteiger partial charge on any atom is -0.507 e. The summed E-state index contributed by atoms with van der Waals surface area (Å²) in [7, 11) is 5.61. The summed E-state index contributed by atoms with van der Waals surface area (Å²) in [5, 5.41) is 20.9.